The molecule has 0 aliphatic rings. The summed E-state index contributed by atoms with van der Waals surface area (Å²) in [5.74, 6) is -2.36. The van der Waals surface area contributed by atoms with Crippen LogP contribution in [-0.2, 0) is 20.2 Å². The first-order chi connectivity index (χ1) is 25.4. The number of fused-ring (bicyclic) bond motifs is 2. The number of amides is 4. The molecule has 0 aliphatic heterocycles. The fraction of sp³-hybridized carbons (Fsp3) is 0.0541. The van der Waals surface area contributed by atoms with Crippen LogP contribution in [0.2, 0.25) is 0 Å². The van der Waals surface area contributed by atoms with Gasteiger partial charge in [-0.2, -0.15) is 16.8 Å². The van der Waals surface area contributed by atoms with Crippen molar-refractivity contribution in [2.24, 2.45) is 0 Å². The Kier molecular flexibility index (Phi) is 9.74. The molecular weight excluding hydrogens is 741 g/mol. The van der Waals surface area contributed by atoms with Gasteiger partial charge in [-0.15, -0.1) is 0 Å². The SMILES string of the molecule is Cc1cc(C(=O)Nc2cccc3c(O)c(S(=O)(=O)O)ccc23)ccc1NC(=O)Nc1ccc(C(=O)Nc2cccc3c(O)c(S(=O)(=O)O)ccc23)cc1C. The fourth-order valence-corrected chi connectivity index (χ4v) is 7.02. The van der Waals surface area contributed by atoms with Crippen LogP contribution in [0.15, 0.2) is 107 Å². The second kappa shape index (κ2) is 14.1. The number of phenolic OH excluding ortho intramolecular Hbond substituents is 2. The predicted molar refractivity (Wildman–Crippen MR) is 202 cm³/mol. The summed E-state index contributed by atoms with van der Waals surface area (Å²) in [6, 6.07) is 22.3. The summed E-state index contributed by atoms with van der Waals surface area (Å²) in [5, 5.41) is 32.6. The number of urea groups is 1. The summed E-state index contributed by atoms with van der Waals surface area (Å²) in [7, 11) is -9.35. The van der Waals surface area contributed by atoms with Crippen LogP contribution >= 0.6 is 0 Å². The number of aromatic hydroxyl groups is 2. The summed E-state index contributed by atoms with van der Waals surface area (Å²) in [5.41, 5.74) is 2.92. The molecule has 6 rings (SSSR count). The van der Waals surface area contributed by atoms with E-state index >= 15 is 0 Å². The maximum atomic E-state index is 13.2. The number of anilines is 4. The molecular formula is C37H30N4O11S2. The summed E-state index contributed by atoms with van der Waals surface area (Å²) in [6.07, 6.45) is 0. The van der Waals surface area contributed by atoms with Crippen LogP contribution in [-0.4, -0.2) is 54.0 Å². The van der Waals surface area contributed by atoms with Crippen molar-refractivity contribution < 1.29 is 50.5 Å². The molecule has 0 saturated heterocycles. The largest absolute Gasteiger partial charge is 0.506 e. The first-order valence-corrected chi connectivity index (χ1v) is 18.7. The third kappa shape index (κ3) is 7.50. The van der Waals surface area contributed by atoms with Crippen LogP contribution in [0.3, 0.4) is 0 Å². The van der Waals surface area contributed by atoms with Crippen molar-refractivity contribution in [2.75, 3.05) is 21.3 Å². The molecule has 0 unspecified atom stereocenters. The Bertz CT molecular complexity index is 2600. The molecule has 15 nitrogen and oxygen atoms in total. The van der Waals surface area contributed by atoms with E-state index in [4.69, 9.17) is 0 Å². The molecule has 6 aromatic rings. The molecule has 0 saturated carbocycles. The minimum Gasteiger partial charge on any atom is -0.506 e. The number of nitrogens with one attached hydrogen (secondary N) is 4. The molecule has 0 bridgehead atoms. The topological polar surface area (TPSA) is 249 Å². The Labute approximate surface area is 307 Å². The minimum absolute atomic E-state index is 0.0989. The Morgan fingerprint density at radius 2 is 0.870 bits per heavy atom. The lowest BCUT2D eigenvalue weighted by atomic mass is 10.1. The van der Waals surface area contributed by atoms with E-state index in [-0.39, 0.29) is 33.3 Å². The normalized spacial score (nSPS) is 11.6. The van der Waals surface area contributed by atoms with E-state index in [0.29, 0.717) is 33.3 Å². The lowest BCUT2D eigenvalue weighted by molar-refractivity contribution is 0.101. The lowest BCUT2D eigenvalue weighted by Crippen LogP contribution is -2.21. The van der Waals surface area contributed by atoms with E-state index < -0.39 is 59.4 Å². The number of hydrogen-bond donors (Lipinski definition) is 8. The Morgan fingerprint density at radius 3 is 1.22 bits per heavy atom. The van der Waals surface area contributed by atoms with Crippen LogP contribution < -0.4 is 21.3 Å². The summed E-state index contributed by atoms with van der Waals surface area (Å²) < 4.78 is 65.1. The molecule has 0 atom stereocenters. The highest BCUT2D eigenvalue weighted by Crippen LogP contribution is 2.37. The second-order valence-electron chi connectivity index (χ2n) is 12.1. The molecule has 54 heavy (non-hydrogen) atoms. The molecule has 0 radical (unpaired) electrons. The molecule has 0 fully saturated rings. The van der Waals surface area contributed by atoms with Crippen molar-refractivity contribution in [3.8, 4) is 11.5 Å². The van der Waals surface area contributed by atoms with Crippen LogP contribution in [0.1, 0.15) is 31.8 Å². The van der Waals surface area contributed by atoms with Gasteiger partial charge in [0.1, 0.15) is 21.3 Å². The number of phenols is 2. The number of carbonyl (C=O) groups is 3. The molecule has 0 aromatic heterocycles. The molecule has 0 spiro atoms. The van der Waals surface area contributed by atoms with Gasteiger partial charge in [0.25, 0.3) is 32.1 Å². The number of carbonyl (C=O) groups excluding carboxylic acids is 3. The molecule has 276 valence electrons. The molecule has 4 amide bonds. The maximum absolute atomic E-state index is 13.2. The molecule has 0 aliphatic carbocycles. The summed E-state index contributed by atoms with van der Waals surface area (Å²) >= 11 is 0. The van der Waals surface area contributed by atoms with Crippen molar-refractivity contribution in [2.45, 2.75) is 23.6 Å². The van der Waals surface area contributed by atoms with Gasteiger partial charge in [-0.3, -0.25) is 18.7 Å². The van der Waals surface area contributed by atoms with E-state index in [1.807, 2.05) is 0 Å². The average molecular weight is 771 g/mol. The van der Waals surface area contributed by atoms with E-state index in [9.17, 15) is 50.5 Å². The van der Waals surface area contributed by atoms with Gasteiger partial charge >= 0.3 is 6.03 Å². The highest BCUT2D eigenvalue weighted by molar-refractivity contribution is 7.86. The fourth-order valence-electron chi connectivity index (χ4n) is 5.83. The third-order valence-electron chi connectivity index (χ3n) is 8.52. The van der Waals surface area contributed by atoms with Gasteiger partial charge < -0.3 is 31.5 Å². The van der Waals surface area contributed by atoms with Crippen molar-refractivity contribution in [1.82, 2.24) is 0 Å². The first kappa shape index (κ1) is 37.2. The predicted octanol–water partition coefficient (Wildman–Crippen LogP) is 6.66. The standard InChI is InChI=1S/C37H30N4O11S2/c1-19-17-21(35(44)38-29-7-3-5-25-23(29)11-15-31(33(25)42)53(47,48)49)9-13-27(19)40-37(46)41-28-14-10-22(18-20(28)2)36(45)39-30-8-4-6-26-24(30)12-16-32(34(26)43)54(50,51)52/h3-18,42-43H,1-2H3,(H,38,44)(H,39,45)(H2,40,41,46)(H,47,48,49)(H,50,51,52). The van der Waals surface area contributed by atoms with E-state index in [0.717, 1.165) is 12.1 Å². The van der Waals surface area contributed by atoms with Gasteiger partial charge in [0.05, 0.1) is 0 Å². The Hall–Kier alpha value is -6.53. The van der Waals surface area contributed by atoms with Crippen LogP contribution in [0, 0.1) is 13.8 Å². The zero-order valence-corrected chi connectivity index (χ0v) is 29.8. The van der Waals surface area contributed by atoms with E-state index in [1.165, 1.54) is 60.7 Å². The van der Waals surface area contributed by atoms with Crippen molar-refractivity contribution >= 4 is 82.4 Å². The number of benzene rings is 6. The highest BCUT2D eigenvalue weighted by Gasteiger charge is 2.21. The number of hydrogen-bond acceptors (Lipinski definition) is 9. The third-order valence-corrected chi connectivity index (χ3v) is 10.3. The second-order valence-corrected chi connectivity index (χ2v) is 14.9. The van der Waals surface area contributed by atoms with Gasteiger partial charge in [-0.25, -0.2) is 4.79 Å². The minimum atomic E-state index is -4.68. The maximum Gasteiger partial charge on any atom is 0.323 e. The lowest BCUT2D eigenvalue weighted by Gasteiger charge is -2.14. The molecule has 17 heteroatoms. The smallest absolute Gasteiger partial charge is 0.323 e. The molecule has 6 aromatic carbocycles. The van der Waals surface area contributed by atoms with Gasteiger partial charge in [0.2, 0.25) is 0 Å². The number of aryl methyl sites for hydroxylation is 2. The zero-order chi connectivity index (χ0) is 39.1. The zero-order valence-electron chi connectivity index (χ0n) is 28.2. The van der Waals surface area contributed by atoms with Crippen LogP contribution in [0.4, 0.5) is 27.5 Å². The summed E-state index contributed by atoms with van der Waals surface area (Å²) in [6.45, 7) is 3.37. The molecule has 0 heterocycles. The first-order valence-electron chi connectivity index (χ1n) is 15.8. The van der Waals surface area contributed by atoms with Gasteiger partial charge in [-0.05, 0) is 85.6 Å². The van der Waals surface area contributed by atoms with Crippen LogP contribution in [0.25, 0.3) is 21.5 Å². The van der Waals surface area contributed by atoms with Crippen molar-refractivity contribution in [3.05, 3.63) is 119 Å². The Morgan fingerprint density at radius 1 is 0.481 bits per heavy atom. The summed E-state index contributed by atoms with van der Waals surface area (Å²) in [4.78, 5) is 37.9. The monoisotopic (exact) mass is 770 g/mol. The Balaban J connectivity index is 1.11. The average Bonchev–Trinajstić information content (AvgIpc) is 3.09. The van der Waals surface area contributed by atoms with Crippen molar-refractivity contribution in [3.63, 3.8) is 0 Å². The molecule has 8 N–H and O–H groups in total. The van der Waals surface area contributed by atoms with E-state index in [1.54, 1.807) is 38.1 Å². The van der Waals surface area contributed by atoms with Crippen LogP contribution in [0.5, 0.6) is 11.5 Å². The van der Waals surface area contributed by atoms with Gasteiger partial charge in [0.15, 0.2) is 0 Å². The van der Waals surface area contributed by atoms with Crippen molar-refractivity contribution in [1.29, 1.82) is 0 Å². The number of rotatable bonds is 8. The highest BCUT2D eigenvalue weighted by atomic mass is 32.2. The van der Waals surface area contributed by atoms with E-state index in [2.05, 4.69) is 21.3 Å². The quantitative estimate of drug-likeness (QED) is 0.0760. The van der Waals surface area contributed by atoms with Gasteiger partial charge in [-0.1, -0.05) is 36.4 Å². The van der Waals surface area contributed by atoms with Gasteiger partial charge in [0, 0.05) is 55.4 Å².